The predicted molar refractivity (Wildman–Crippen MR) is 65.3 cm³/mol. The largest absolute Gasteiger partial charge is 0.481 e. The molecule has 9 heteroatoms. The zero-order valence-electron chi connectivity index (χ0n) is 10.5. The van der Waals surface area contributed by atoms with Crippen LogP contribution in [0.25, 0.3) is 11.5 Å². The van der Waals surface area contributed by atoms with Crippen LogP contribution in [0.3, 0.4) is 0 Å². The molecule has 0 aliphatic rings. The number of carboxylic acid groups (broad SMARTS) is 2. The predicted octanol–water partition coefficient (Wildman–Crippen LogP) is 0.592. The molecular weight excluding hydrogens is 284 g/mol. The molecule has 21 heavy (non-hydrogen) atoms. The number of carbonyl (C=O) groups is 3. The van der Waals surface area contributed by atoms with Crippen molar-refractivity contribution in [1.29, 1.82) is 0 Å². The summed E-state index contributed by atoms with van der Waals surface area (Å²) in [6, 6.07) is 2.91. The van der Waals surface area contributed by atoms with Gasteiger partial charge in [-0.25, -0.2) is 4.79 Å². The molecule has 0 saturated carbocycles. The van der Waals surface area contributed by atoms with Crippen LogP contribution in [0.1, 0.15) is 16.9 Å². The summed E-state index contributed by atoms with van der Waals surface area (Å²) in [6.07, 6.45) is 0.662. The van der Waals surface area contributed by atoms with E-state index in [-0.39, 0.29) is 11.5 Å². The molecule has 0 saturated heterocycles. The highest BCUT2D eigenvalue weighted by molar-refractivity contribution is 5.96. The number of aliphatic carboxylic acids is 2. The van der Waals surface area contributed by atoms with Gasteiger partial charge in [0.1, 0.15) is 6.04 Å². The summed E-state index contributed by atoms with van der Waals surface area (Å²) in [5.74, 6) is -3.12. The molecule has 0 radical (unpaired) electrons. The Morgan fingerprint density at radius 2 is 2.05 bits per heavy atom. The third-order valence-corrected chi connectivity index (χ3v) is 2.49. The molecule has 0 bridgehead atoms. The van der Waals surface area contributed by atoms with Crippen molar-refractivity contribution in [3.05, 3.63) is 30.2 Å². The molecule has 1 atom stereocenters. The average Bonchev–Trinajstić information content (AvgIpc) is 3.08. The van der Waals surface area contributed by atoms with E-state index in [1.54, 1.807) is 12.1 Å². The van der Waals surface area contributed by atoms with Crippen molar-refractivity contribution in [2.45, 2.75) is 12.5 Å². The molecule has 3 N–H and O–H groups in total. The van der Waals surface area contributed by atoms with Crippen LogP contribution in [-0.2, 0) is 9.59 Å². The zero-order valence-corrected chi connectivity index (χ0v) is 10.5. The molecular formula is C12H10N2O7. The molecule has 9 nitrogen and oxygen atoms in total. The number of nitrogens with zero attached hydrogens (tertiary/aromatic N) is 1. The summed E-state index contributed by atoms with van der Waals surface area (Å²) in [7, 11) is 0. The van der Waals surface area contributed by atoms with Crippen molar-refractivity contribution in [1.82, 2.24) is 10.5 Å². The quantitative estimate of drug-likeness (QED) is 0.702. The van der Waals surface area contributed by atoms with Crippen LogP contribution in [0.5, 0.6) is 0 Å². The summed E-state index contributed by atoms with van der Waals surface area (Å²) >= 11 is 0. The third-order valence-electron chi connectivity index (χ3n) is 2.49. The number of nitrogens with one attached hydrogen (secondary N) is 1. The second kappa shape index (κ2) is 5.90. The Balaban J connectivity index is 2.09. The second-order valence-corrected chi connectivity index (χ2v) is 4.02. The maximum Gasteiger partial charge on any atom is 0.326 e. The monoisotopic (exact) mass is 294 g/mol. The summed E-state index contributed by atoms with van der Waals surface area (Å²) in [4.78, 5) is 33.2. The molecule has 0 aliphatic carbocycles. The minimum Gasteiger partial charge on any atom is -0.481 e. The molecule has 2 heterocycles. The smallest absolute Gasteiger partial charge is 0.326 e. The van der Waals surface area contributed by atoms with E-state index in [9.17, 15) is 14.4 Å². The Morgan fingerprint density at radius 3 is 2.62 bits per heavy atom. The fraction of sp³-hybridized carbons (Fsp3) is 0.167. The molecule has 2 rings (SSSR count). The van der Waals surface area contributed by atoms with Crippen molar-refractivity contribution in [2.24, 2.45) is 0 Å². The Morgan fingerprint density at radius 1 is 1.29 bits per heavy atom. The van der Waals surface area contributed by atoms with E-state index in [2.05, 4.69) is 10.5 Å². The maximum absolute atomic E-state index is 11.8. The van der Waals surface area contributed by atoms with E-state index in [1.807, 2.05) is 0 Å². The van der Waals surface area contributed by atoms with Gasteiger partial charge in [0.15, 0.2) is 11.5 Å². The van der Waals surface area contributed by atoms with Crippen LogP contribution >= 0.6 is 0 Å². The number of hydrogen-bond acceptors (Lipinski definition) is 6. The van der Waals surface area contributed by atoms with Crippen molar-refractivity contribution >= 4 is 17.8 Å². The van der Waals surface area contributed by atoms with Crippen LogP contribution in [0.15, 0.2) is 33.4 Å². The SMILES string of the molecule is O=C(O)C[C@H](NC(=O)c1cc(-c2ccco2)on1)C(=O)O. The molecule has 0 spiro atoms. The van der Waals surface area contributed by atoms with Gasteiger partial charge in [0.05, 0.1) is 12.7 Å². The number of rotatable bonds is 6. The minimum absolute atomic E-state index is 0.182. The summed E-state index contributed by atoms with van der Waals surface area (Å²) < 4.78 is 9.93. The van der Waals surface area contributed by atoms with Crippen LogP contribution in [-0.4, -0.2) is 39.3 Å². The van der Waals surface area contributed by atoms with Gasteiger partial charge >= 0.3 is 11.9 Å². The van der Waals surface area contributed by atoms with Crippen molar-refractivity contribution < 1.29 is 33.5 Å². The van der Waals surface area contributed by atoms with E-state index in [4.69, 9.17) is 19.2 Å². The number of hydrogen-bond donors (Lipinski definition) is 3. The van der Waals surface area contributed by atoms with Crippen LogP contribution in [0, 0.1) is 0 Å². The van der Waals surface area contributed by atoms with Crippen molar-refractivity contribution in [2.75, 3.05) is 0 Å². The zero-order chi connectivity index (χ0) is 15.4. The lowest BCUT2D eigenvalue weighted by molar-refractivity contribution is -0.145. The minimum atomic E-state index is -1.56. The molecule has 2 aromatic heterocycles. The lowest BCUT2D eigenvalue weighted by Gasteiger charge is -2.10. The van der Waals surface area contributed by atoms with Gasteiger partial charge in [-0.05, 0) is 12.1 Å². The first-order chi connectivity index (χ1) is 9.97. The number of amides is 1. The van der Waals surface area contributed by atoms with Crippen molar-refractivity contribution in [3.8, 4) is 11.5 Å². The normalized spacial score (nSPS) is 11.8. The average molecular weight is 294 g/mol. The van der Waals surface area contributed by atoms with Gasteiger partial charge in [-0.3, -0.25) is 9.59 Å². The highest BCUT2D eigenvalue weighted by Gasteiger charge is 2.25. The Bertz CT molecular complexity index is 659. The Hall–Kier alpha value is -3.10. The highest BCUT2D eigenvalue weighted by Crippen LogP contribution is 2.20. The first kappa shape index (κ1) is 14.3. The number of carbonyl (C=O) groups excluding carboxylic acids is 1. The van der Waals surface area contributed by atoms with Gasteiger partial charge in [-0.15, -0.1) is 0 Å². The maximum atomic E-state index is 11.8. The van der Waals surface area contributed by atoms with Crippen LogP contribution in [0.4, 0.5) is 0 Å². The first-order valence-corrected chi connectivity index (χ1v) is 5.73. The lowest BCUT2D eigenvalue weighted by atomic mass is 10.2. The van der Waals surface area contributed by atoms with E-state index in [1.165, 1.54) is 12.3 Å². The molecule has 1 amide bonds. The van der Waals surface area contributed by atoms with Gasteiger partial charge in [0, 0.05) is 6.07 Å². The summed E-state index contributed by atoms with van der Waals surface area (Å²) in [5.41, 5.74) is -0.182. The molecule has 0 aliphatic heterocycles. The van der Waals surface area contributed by atoms with E-state index in [0.29, 0.717) is 5.76 Å². The number of aromatic nitrogens is 1. The van der Waals surface area contributed by atoms with Crippen LogP contribution in [0.2, 0.25) is 0 Å². The van der Waals surface area contributed by atoms with E-state index in [0.717, 1.165) is 0 Å². The standard InChI is InChI=1S/C12H10N2O7/c15-10(16)5-7(12(18)19)13-11(17)6-4-9(21-14-6)8-2-1-3-20-8/h1-4,7H,5H2,(H,13,17)(H,15,16)(H,18,19)/t7-/m0/s1. The molecule has 0 aromatic carbocycles. The van der Waals surface area contributed by atoms with E-state index < -0.39 is 30.3 Å². The molecule has 0 fully saturated rings. The summed E-state index contributed by atoms with van der Waals surface area (Å²) in [5, 5.41) is 22.9. The fourth-order valence-electron chi connectivity index (χ4n) is 1.52. The van der Waals surface area contributed by atoms with Gasteiger partial charge in [-0.2, -0.15) is 0 Å². The first-order valence-electron chi connectivity index (χ1n) is 5.73. The van der Waals surface area contributed by atoms with Gasteiger partial charge in [0.25, 0.3) is 5.91 Å². The Labute approximate surface area is 117 Å². The highest BCUT2D eigenvalue weighted by atomic mass is 16.5. The molecule has 110 valence electrons. The Kier molecular flexibility index (Phi) is 4.02. The van der Waals surface area contributed by atoms with Gasteiger partial charge in [-0.1, -0.05) is 5.16 Å². The lowest BCUT2D eigenvalue weighted by Crippen LogP contribution is -2.42. The third kappa shape index (κ3) is 3.47. The van der Waals surface area contributed by atoms with Gasteiger partial charge < -0.3 is 24.5 Å². The van der Waals surface area contributed by atoms with Crippen LogP contribution < -0.4 is 5.32 Å². The number of furan rings is 1. The topological polar surface area (TPSA) is 143 Å². The van der Waals surface area contributed by atoms with Crippen molar-refractivity contribution in [3.63, 3.8) is 0 Å². The fourth-order valence-corrected chi connectivity index (χ4v) is 1.52. The molecule has 2 aromatic rings. The second-order valence-electron chi connectivity index (χ2n) is 4.02. The molecule has 0 unspecified atom stereocenters. The number of carboxylic acids is 2. The van der Waals surface area contributed by atoms with E-state index >= 15 is 0 Å². The van der Waals surface area contributed by atoms with Gasteiger partial charge in [0.2, 0.25) is 5.76 Å². The summed E-state index contributed by atoms with van der Waals surface area (Å²) in [6.45, 7) is 0.